The van der Waals surface area contributed by atoms with Gasteiger partial charge in [-0.3, -0.25) is 4.72 Å². The van der Waals surface area contributed by atoms with Crippen molar-refractivity contribution in [3.63, 3.8) is 0 Å². The van der Waals surface area contributed by atoms with Crippen LogP contribution >= 0.6 is 0 Å². The van der Waals surface area contributed by atoms with Crippen LogP contribution in [0.1, 0.15) is 0 Å². The van der Waals surface area contributed by atoms with Gasteiger partial charge in [-0.05, 0) is 12.1 Å². The normalized spacial score (nSPS) is 11.2. The molecule has 1 heterocycles. The van der Waals surface area contributed by atoms with Gasteiger partial charge in [-0.1, -0.05) is 18.2 Å². The predicted molar refractivity (Wildman–Crippen MR) is 55.8 cm³/mol. The van der Waals surface area contributed by atoms with E-state index in [0.29, 0.717) is 0 Å². The summed E-state index contributed by atoms with van der Waals surface area (Å²) >= 11 is 0. The van der Waals surface area contributed by atoms with Crippen LogP contribution in [0.5, 0.6) is 0 Å². The van der Waals surface area contributed by atoms with E-state index in [1.165, 1.54) is 24.7 Å². The minimum absolute atomic E-state index is 0.216. The average Bonchev–Trinajstić information content (AvgIpc) is 2.71. The van der Waals surface area contributed by atoms with Gasteiger partial charge in [0.2, 0.25) is 0 Å². The molecule has 0 aliphatic carbocycles. The highest BCUT2D eigenvalue weighted by Crippen LogP contribution is 2.12. The first-order valence-electron chi connectivity index (χ1n) is 4.25. The Bertz CT molecular complexity index is 520. The number of hydrogen-bond donors (Lipinski definition) is 2. The van der Waals surface area contributed by atoms with E-state index in [2.05, 4.69) is 14.7 Å². The van der Waals surface area contributed by atoms with E-state index in [0.717, 1.165) is 0 Å². The topological polar surface area (TPSA) is 74.8 Å². The maximum Gasteiger partial charge on any atom is 0.263 e. The van der Waals surface area contributed by atoms with Crippen molar-refractivity contribution in [1.29, 1.82) is 0 Å². The Morgan fingerprint density at radius 3 is 2.53 bits per heavy atom. The van der Waals surface area contributed by atoms with E-state index in [-0.39, 0.29) is 10.7 Å². The van der Waals surface area contributed by atoms with Gasteiger partial charge in [0, 0.05) is 6.20 Å². The molecule has 78 valence electrons. The van der Waals surface area contributed by atoms with E-state index in [1.807, 2.05) is 0 Å². The SMILES string of the molecule is O=S(=O)(Nc1c[nH]cn1)c1ccccc1. The maximum absolute atomic E-state index is 11.7. The Kier molecular flexibility index (Phi) is 2.42. The molecule has 15 heavy (non-hydrogen) atoms. The lowest BCUT2D eigenvalue weighted by molar-refractivity contribution is 0.601. The van der Waals surface area contributed by atoms with Gasteiger partial charge in [-0.25, -0.2) is 13.4 Å². The van der Waals surface area contributed by atoms with Gasteiger partial charge in [-0.15, -0.1) is 0 Å². The lowest BCUT2D eigenvalue weighted by atomic mass is 10.4. The quantitative estimate of drug-likeness (QED) is 0.821. The van der Waals surface area contributed by atoms with Gasteiger partial charge in [0.1, 0.15) is 0 Å². The number of nitrogens with zero attached hydrogens (tertiary/aromatic N) is 1. The third-order valence-electron chi connectivity index (χ3n) is 1.79. The molecule has 0 radical (unpaired) electrons. The van der Waals surface area contributed by atoms with E-state index in [9.17, 15) is 8.42 Å². The Hall–Kier alpha value is -1.82. The number of imidazole rings is 1. The molecule has 0 bridgehead atoms. The molecule has 0 aliphatic rings. The lowest BCUT2D eigenvalue weighted by Crippen LogP contribution is -2.12. The summed E-state index contributed by atoms with van der Waals surface area (Å²) in [6.45, 7) is 0. The highest BCUT2D eigenvalue weighted by atomic mass is 32.2. The molecule has 6 heteroatoms. The van der Waals surface area contributed by atoms with Crippen molar-refractivity contribution in [2.24, 2.45) is 0 Å². The Labute approximate surface area is 87.2 Å². The fourth-order valence-corrected chi connectivity index (χ4v) is 2.13. The van der Waals surface area contributed by atoms with Crippen LogP contribution in [0.25, 0.3) is 0 Å². The van der Waals surface area contributed by atoms with E-state index in [1.54, 1.807) is 18.2 Å². The van der Waals surface area contributed by atoms with Crippen LogP contribution in [-0.4, -0.2) is 18.4 Å². The first-order chi connectivity index (χ1) is 7.18. The Morgan fingerprint density at radius 2 is 1.93 bits per heavy atom. The van der Waals surface area contributed by atoms with Crippen molar-refractivity contribution in [3.05, 3.63) is 42.9 Å². The van der Waals surface area contributed by atoms with Crippen molar-refractivity contribution in [1.82, 2.24) is 9.97 Å². The van der Waals surface area contributed by atoms with Gasteiger partial charge in [0.25, 0.3) is 10.0 Å². The molecule has 0 atom stereocenters. The lowest BCUT2D eigenvalue weighted by Gasteiger charge is -2.04. The van der Waals surface area contributed by atoms with Crippen molar-refractivity contribution in [3.8, 4) is 0 Å². The molecule has 2 N–H and O–H groups in total. The van der Waals surface area contributed by atoms with Gasteiger partial charge < -0.3 is 4.98 Å². The Morgan fingerprint density at radius 1 is 1.20 bits per heavy atom. The number of aromatic amines is 1. The second-order valence-electron chi connectivity index (χ2n) is 2.87. The fraction of sp³-hybridized carbons (Fsp3) is 0. The van der Waals surface area contributed by atoms with Crippen LogP contribution in [0.3, 0.4) is 0 Å². The minimum atomic E-state index is -3.52. The number of anilines is 1. The minimum Gasteiger partial charge on any atom is -0.349 e. The van der Waals surface area contributed by atoms with E-state index in [4.69, 9.17) is 0 Å². The monoisotopic (exact) mass is 223 g/mol. The summed E-state index contributed by atoms with van der Waals surface area (Å²) in [6.07, 6.45) is 2.88. The summed E-state index contributed by atoms with van der Waals surface area (Å²) in [5.74, 6) is 0.277. The summed E-state index contributed by atoms with van der Waals surface area (Å²) in [6, 6.07) is 8.13. The number of rotatable bonds is 3. The highest BCUT2D eigenvalue weighted by Gasteiger charge is 2.13. The number of nitrogens with one attached hydrogen (secondary N) is 2. The summed E-state index contributed by atoms with van der Waals surface area (Å²) in [7, 11) is -3.52. The summed E-state index contributed by atoms with van der Waals surface area (Å²) in [5.41, 5.74) is 0. The van der Waals surface area contributed by atoms with Crippen LogP contribution in [-0.2, 0) is 10.0 Å². The largest absolute Gasteiger partial charge is 0.349 e. The summed E-state index contributed by atoms with van der Waals surface area (Å²) in [4.78, 5) is 6.66. The molecule has 1 aromatic heterocycles. The summed E-state index contributed by atoms with van der Waals surface area (Å²) < 4.78 is 25.8. The molecule has 0 saturated carbocycles. The van der Waals surface area contributed by atoms with E-state index >= 15 is 0 Å². The molecular formula is C9H9N3O2S. The van der Waals surface area contributed by atoms with E-state index < -0.39 is 10.0 Å². The molecule has 0 amide bonds. The Balaban J connectivity index is 2.29. The smallest absolute Gasteiger partial charge is 0.263 e. The predicted octanol–water partition coefficient (Wildman–Crippen LogP) is 1.21. The number of benzene rings is 1. The number of H-pyrrole nitrogens is 1. The van der Waals surface area contributed by atoms with Gasteiger partial charge in [-0.2, -0.15) is 0 Å². The van der Waals surface area contributed by atoms with Crippen molar-refractivity contribution in [2.45, 2.75) is 4.90 Å². The first kappa shape index (κ1) is 9.72. The maximum atomic E-state index is 11.7. The van der Waals surface area contributed by atoms with Crippen LogP contribution in [0.2, 0.25) is 0 Å². The first-order valence-corrected chi connectivity index (χ1v) is 5.73. The number of hydrogen-bond acceptors (Lipinski definition) is 3. The van der Waals surface area contributed by atoms with Crippen LogP contribution in [0.15, 0.2) is 47.8 Å². The van der Waals surface area contributed by atoms with Gasteiger partial charge in [0.05, 0.1) is 11.2 Å². The number of sulfonamides is 1. The van der Waals surface area contributed by atoms with Crippen molar-refractivity contribution in [2.75, 3.05) is 4.72 Å². The second kappa shape index (κ2) is 3.74. The molecule has 5 nitrogen and oxygen atoms in total. The molecule has 1 aromatic carbocycles. The molecule has 0 saturated heterocycles. The number of aromatic nitrogens is 2. The van der Waals surface area contributed by atoms with Crippen molar-refractivity contribution >= 4 is 15.8 Å². The molecule has 2 aromatic rings. The zero-order chi connectivity index (χ0) is 10.7. The van der Waals surface area contributed by atoms with Gasteiger partial charge >= 0.3 is 0 Å². The highest BCUT2D eigenvalue weighted by molar-refractivity contribution is 7.92. The molecule has 0 spiro atoms. The third kappa shape index (κ3) is 2.16. The van der Waals surface area contributed by atoms with Crippen molar-refractivity contribution < 1.29 is 8.42 Å². The molecule has 2 rings (SSSR count). The molecular weight excluding hydrogens is 214 g/mol. The fourth-order valence-electron chi connectivity index (χ4n) is 1.11. The zero-order valence-electron chi connectivity index (χ0n) is 7.71. The standard InChI is InChI=1S/C9H9N3O2S/c13-15(14,8-4-2-1-3-5-8)12-9-6-10-7-11-9/h1-7,12H,(H,10,11). The average molecular weight is 223 g/mol. The molecule has 0 unspecified atom stereocenters. The molecule has 0 aliphatic heterocycles. The van der Waals surface area contributed by atoms with Gasteiger partial charge in [0.15, 0.2) is 5.82 Å². The molecule has 0 fully saturated rings. The summed E-state index contributed by atoms with van der Waals surface area (Å²) in [5, 5.41) is 0. The van der Waals surface area contributed by atoms with Crippen LogP contribution in [0, 0.1) is 0 Å². The van der Waals surface area contributed by atoms with Crippen LogP contribution in [0.4, 0.5) is 5.82 Å². The zero-order valence-corrected chi connectivity index (χ0v) is 8.53. The third-order valence-corrected chi connectivity index (χ3v) is 3.16. The second-order valence-corrected chi connectivity index (χ2v) is 4.56. The van der Waals surface area contributed by atoms with Crippen LogP contribution < -0.4 is 4.72 Å².